The first kappa shape index (κ1) is 16.4. The second-order valence-electron chi connectivity index (χ2n) is 6.40. The first-order valence-corrected chi connectivity index (χ1v) is 9.15. The standard InChI is InChI=1S/C18H19FN4OS/c19-17-14(3-1-7-20-17)18(24)5-8-23(9-6-18)12-13-11-21-22-16(13)15-4-2-10-25-15/h1-4,7,10-11,24H,5-6,8-9,12H2,(H,21,22). The van der Waals surface area contributed by atoms with Crippen LogP contribution in [-0.4, -0.2) is 38.3 Å². The number of nitrogens with one attached hydrogen (secondary N) is 1. The molecule has 0 atom stereocenters. The Morgan fingerprint density at radius 1 is 1.28 bits per heavy atom. The largest absolute Gasteiger partial charge is 0.385 e. The van der Waals surface area contributed by atoms with Crippen LogP contribution < -0.4 is 0 Å². The van der Waals surface area contributed by atoms with E-state index >= 15 is 0 Å². The Morgan fingerprint density at radius 3 is 2.84 bits per heavy atom. The van der Waals surface area contributed by atoms with Crippen molar-refractivity contribution in [3.05, 3.63) is 59.1 Å². The summed E-state index contributed by atoms with van der Waals surface area (Å²) in [6.07, 6.45) is 4.24. The molecule has 0 bridgehead atoms. The number of thiophene rings is 1. The average molecular weight is 358 g/mol. The summed E-state index contributed by atoms with van der Waals surface area (Å²) in [6.45, 7) is 2.15. The molecular weight excluding hydrogens is 339 g/mol. The van der Waals surface area contributed by atoms with Gasteiger partial charge in [-0.25, -0.2) is 4.98 Å². The molecule has 0 spiro atoms. The van der Waals surface area contributed by atoms with Gasteiger partial charge in [0.25, 0.3) is 0 Å². The molecule has 0 aliphatic carbocycles. The van der Waals surface area contributed by atoms with Crippen LogP contribution in [0.4, 0.5) is 4.39 Å². The number of likely N-dealkylation sites (tertiary alicyclic amines) is 1. The number of hydrogen-bond donors (Lipinski definition) is 2. The highest BCUT2D eigenvalue weighted by atomic mass is 32.1. The van der Waals surface area contributed by atoms with Gasteiger partial charge < -0.3 is 5.11 Å². The minimum Gasteiger partial charge on any atom is -0.385 e. The van der Waals surface area contributed by atoms with E-state index in [2.05, 4.69) is 26.1 Å². The van der Waals surface area contributed by atoms with Crippen LogP contribution in [0.25, 0.3) is 10.6 Å². The lowest BCUT2D eigenvalue weighted by Crippen LogP contribution is -2.42. The maximum atomic E-state index is 13.9. The van der Waals surface area contributed by atoms with E-state index in [1.54, 1.807) is 23.5 Å². The Bertz CT molecular complexity index is 840. The quantitative estimate of drug-likeness (QED) is 0.703. The number of hydrogen-bond acceptors (Lipinski definition) is 5. The topological polar surface area (TPSA) is 65.0 Å². The lowest BCUT2D eigenvalue weighted by Gasteiger charge is -2.38. The van der Waals surface area contributed by atoms with Crippen molar-refractivity contribution >= 4 is 11.3 Å². The summed E-state index contributed by atoms with van der Waals surface area (Å²) in [5.74, 6) is -0.576. The summed E-state index contributed by atoms with van der Waals surface area (Å²) in [5.41, 5.74) is 1.36. The molecule has 1 fully saturated rings. The number of piperidine rings is 1. The summed E-state index contributed by atoms with van der Waals surface area (Å²) < 4.78 is 13.9. The fraction of sp³-hybridized carbons (Fsp3) is 0.333. The maximum Gasteiger partial charge on any atom is 0.218 e. The Morgan fingerprint density at radius 2 is 2.12 bits per heavy atom. The number of aromatic nitrogens is 3. The third kappa shape index (κ3) is 3.22. The molecule has 25 heavy (non-hydrogen) atoms. The zero-order valence-corrected chi connectivity index (χ0v) is 14.5. The molecule has 0 unspecified atom stereocenters. The van der Waals surface area contributed by atoms with Gasteiger partial charge in [0.1, 0.15) is 0 Å². The van der Waals surface area contributed by atoms with Gasteiger partial charge in [-0.1, -0.05) is 12.1 Å². The van der Waals surface area contributed by atoms with E-state index in [1.807, 2.05) is 17.6 Å². The highest BCUT2D eigenvalue weighted by molar-refractivity contribution is 7.13. The lowest BCUT2D eigenvalue weighted by atomic mass is 9.85. The molecule has 1 saturated heterocycles. The fourth-order valence-corrected chi connectivity index (χ4v) is 4.15. The van der Waals surface area contributed by atoms with Crippen LogP contribution in [0.1, 0.15) is 24.0 Å². The van der Waals surface area contributed by atoms with E-state index in [4.69, 9.17) is 0 Å². The van der Waals surface area contributed by atoms with Crippen molar-refractivity contribution < 1.29 is 9.50 Å². The van der Waals surface area contributed by atoms with Gasteiger partial charge in [0.15, 0.2) is 0 Å². The first-order chi connectivity index (χ1) is 12.2. The molecule has 3 aromatic rings. The summed E-state index contributed by atoms with van der Waals surface area (Å²) >= 11 is 1.68. The summed E-state index contributed by atoms with van der Waals surface area (Å²) in [5, 5.41) is 20.1. The Kier molecular flexibility index (Phi) is 4.37. The average Bonchev–Trinajstić information content (AvgIpc) is 3.29. The molecule has 0 aromatic carbocycles. The summed E-state index contributed by atoms with van der Waals surface area (Å²) in [7, 11) is 0. The van der Waals surface area contributed by atoms with Crippen molar-refractivity contribution in [1.29, 1.82) is 0 Å². The third-order valence-electron chi connectivity index (χ3n) is 4.82. The molecule has 2 N–H and O–H groups in total. The lowest BCUT2D eigenvalue weighted by molar-refractivity contribution is -0.0307. The van der Waals surface area contributed by atoms with Gasteiger partial charge in [0.2, 0.25) is 5.95 Å². The number of nitrogens with zero attached hydrogens (tertiary/aromatic N) is 3. The van der Waals surface area contributed by atoms with Crippen LogP contribution in [0.5, 0.6) is 0 Å². The molecule has 1 aliphatic heterocycles. The van der Waals surface area contributed by atoms with Gasteiger partial charge in [-0.3, -0.25) is 10.00 Å². The van der Waals surface area contributed by atoms with Crippen molar-refractivity contribution in [2.45, 2.75) is 25.0 Å². The monoisotopic (exact) mass is 358 g/mol. The van der Waals surface area contributed by atoms with E-state index in [9.17, 15) is 9.50 Å². The van der Waals surface area contributed by atoms with Crippen molar-refractivity contribution in [3.63, 3.8) is 0 Å². The highest BCUT2D eigenvalue weighted by Gasteiger charge is 2.36. The minimum atomic E-state index is -1.14. The van der Waals surface area contributed by atoms with E-state index in [0.29, 0.717) is 31.5 Å². The highest BCUT2D eigenvalue weighted by Crippen LogP contribution is 2.35. The second-order valence-corrected chi connectivity index (χ2v) is 7.34. The van der Waals surface area contributed by atoms with Gasteiger partial charge in [0, 0.05) is 37.0 Å². The summed E-state index contributed by atoms with van der Waals surface area (Å²) in [4.78, 5) is 7.10. The Hall–Kier alpha value is -2.09. The van der Waals surface area contributed by atoms with E-state index in [1.165, 1.54) is 11.1 Å². The van der Waals surface area contributed by atoms with Gasteiger partial charge in [0.05, 0.1) is 22.4 Å². The van der Waals surface area contributed by atoms with Gasteiger partial charge in [-0.2, -0.15) is 9.49 Å². The first-order valence-electron chi connectivity index (χ1n) is 8.27. The van der Waals surface area contributed by atoms with Crippen LogP contribution in [-0.2, 0) is 12.1 Å². The number of aliphatic hydroxyl groups is 1. The predicted molar refractivity (Wildman–Crippen MR) is 94.5 cm³/mol. The van der Waals surface area contributed by atoms with Gasteiger partial charge in [-0.05, 0) is 30.4 Å². The zero-order chi connectivity index (χ0) is 17.3. The zero-order valence-electron chi connectivity index (χ0n) is 13.7. The van der Waals surface area contributed by atoms with Crippen LogP contribution in [0.2, 0.25) is 0 Å². The third-order valence-corrected chi connectivity index (χ3v) is 5.71. The number of pyridine rings is 1. The van der Waals surface area contributed by atoms with Crippen LogP contribution >= 0.6 is 11.3 Å². The fourth-order valence-electron chi connectivity index (χ4n) is 3.39. The van der Waals surface area contributed by atoms with Crippen molar-refractivity contribution in [3.8, 4) is 10.6 Å². The molecule has 7 heteroatoms. The predicted octanol–water partition coefficient (Wildman–Crippen LogP) is 3.16. The van der Waals surface area contributed by atoms with Crippen LogP contribution in [0, 0.1) is 5.95 Å². The van der Waals surface area contributed by atoms with Crippen LogP contribution in [0.3, 0.4) is 0 Å². The van der Waals surface area contributed by atoms with E-state index in [-0.39, 0.29) is 0 Å². The minimum absolute atomic E-state index is 0.303. The molecule has 0 radical (unpaired) electrons. The number of H-pyrrole nitrogens is 1. The second kappa shape index (κ2) is 6.67. The normalized spacial score (nSPS) is 17.7. The molecule has 130 valence electrons. The smallest absolute Gasteiger partial charge is 0.218 e. The number of rotatable bonds is 4. The van der Waals surface area contributed by atoms with E-state index in [0.717, 1.165) is 17.8 Å². The molecule has 0 saturated carbocycles. The Labute approximate surface area is 149 Å². The molecule has 0 amide bonds. The Balaban J connectivity index is 1.45. The maximum absolute atomic E-state index is 13.9. The number of aromatic amines is 1. The van der Waals surface area contributed by atoms with Crippen molar-refractivity contribution in [1.82, 2.24) is 20.1 Å². The van der Waals surface area contributed by atoms with E-state index < -0.39 is 11.5 Å². The molecule has 3 aromatic heterocycles. The molecule has 4 rings (SSSR count). The van der Waals surface area contributed by atoms with Crippen LogP contribution in [0.15, 0.2) is 42.0 Å². The van der Waals surface area contributed by atoms with Crippen molar-refractivity contribution in [2.75, 3.05) is 13.1 Å². The number of halogens is 1. The molecule has 5 nitrogen and oxygen atoms in total. The van der Waals surface area contributed by atoms with Crippen molar-refractivity contribution in [2.24, 2.45) is 0 Å². The molecule has 1 aliphatic rings. The molecule has 4 heterocycles. The SMILES string of the molecule is OC1(c2cccnc2F)CCN(Cc2cn[nH]c2-c2cccs2)CC1. The molecular formula is C18H19FN4OS. The van der Waals surface area contributed by atoms with Gasteiger partial charge in [-0.15, -0.1) is 11.3 Å². The van der Waals surface area contributed by atoms with Gasteiger partial charge >= 0.3 is 0 Å². The summed E-state index contributed by atoms with van der Waals surface area (Å²) in [6, 6.07) is 7.39.